The highest BCUT2D eigenvalue weighted by Gasteiger charge is 2.23. The Labute approximate surface area is 100 Å². The van der Waals surface area contributed by atoms with Crippen LogP contribution in [0.3, 0.4) is 0 Å². The number of rotatable bonds is 1. The van der Waals surface area contributed by atoms with E-state index in [9.17, 15) is 0 Å². The molecule has 0 bridgehead atoms. The van der Waals surface area contributed by atoms with Crippen molar-refractivity contribution in [2.45, 2.75) is 19.4 Å². The Hall–Kier alpha value is -1.12. The van der Waals surface area contributed by atoms with E-state index in [-0.39, 0.29) is 0 Å². The Bertz CT molecular complexity index is 503. The molecular weight excluding hydrogens is 220 g/mol. The molecule has 0 saturated carbocycles. The van der Waals surface area contributed by atoms with Gasteiger partial charge in [-0.2, -0.15) is 0 Å². The van der Waals surface area contributed by atoms with E-state index >= 15 is 0 Å². The van der Waals surface area contributed by atoms with Gasteiger partial charge in [0.2, 0.25) is 0 Å². The van der Waals surface area contributed by atoms with Crippen molar-refractivity contribution in [1.82, 2.24) is 10.3 Å². The molecule has 1 aromatic rings. The van der Waals surface area contributed by atoms with Crippen LogP contribution in [0.5, 0.6) is 0 Å². The van der Waals surface area contributed by atoms with Crippen molar-refractivity contribution in [3.05, 3.63) is 45.8 Å². The second kappa shape index (κ2) is 3.72. The molecule has 1 aliphatic heterocycles. The first-order valence-electron chi connectivity index (χ1n) is 5.53. The molecule has 2 nitrogen and oxygen atoms in total. The zero-order valence-corrected chi connectivity index (χ0v) is 9.88. The lowest BCUT2D eigenvalue weighted by molar-refractivity contribution is 0.703. The SMILES string of the molecule is CC1NCC=C1C1=Cc2c(Cl)ccnc2C1. The van der Waals surface area contributed by atoms with Crippen LogP contribution in [0.15, 0.2) is 29.5 Å². The second-order valence-electron chi connectivity index (χ2n) is 4.29. The van der Waals surface area contributed by atoms with E-state index in [4.69, 9.17) is 11.6 Å². The molecule has 0 saturated heterocycles. The molecule has 0 radical (unpaired) electrons. The number of hydrogen-bond acceptors (Lipinski definition) is 2. The van der Waals surface area contributed by atoms with Gasteiger partial charge in [-0.05, 0) is 30.2 Å². The quantitative estimate of drug-likeness (QED) is 0.805. The van der Waals surface area contributed by atoms with Gasteiger partial charge in [-0.1, -0.05) is 17.7 Å². The lowest BCUT2D eigenvalue weighted by atomic mass is 10.0. The molecule has 1 N–H and O–H groups in total. The van der Waals surface area contributed by atoms with Crippen molar-refractivity contribution in [3.8, 4) is 0 Å². The van der Waals surface area contributed by atoms with Gasteiger partial charge in [0.25, 0.3) is 0 Å². The topological polar surface area (TPSA) is 24.9 Å². The van der Waals surface area contributed by atoms with Gasteiger partial charge in [-0.3, -0.25) is 4.98 Å². The molecule has 1 aliphatic carbocycles. The lowest BCUT2D eigenvalue weighted by Crippen LogP contribution is -2.21. The molecule has 0 amide bonds. The minimum absolute atomic E-state index is 0.444. The fraction of sp³-hybridized carbons (Fsp3) is 0.308. The fourth-order valence-corrected chi connectivity index (χ4v) is 2.64. The van der Waals surface area contributed by atoms with Crippen LogP contribution in [-0.4, -0.2) is 17.6 Å². The predicted octanol–water partition coefficient (Wildman–Crippen LogP) is 2.59. The third-order valence-electron chi connectivity index (χ3n) is 3.28. The summed E-state index contributed by atoms with van der Waals surface area (Å²) in [5.74, 6) is 0. The number of nitrogens with one attached hydrogen (secondary N) is 1. The zero-order chi connectivity index (χ0) is 11.1. The number of fused-ring (bicyclic) bond motifs is 1. The van der Waals surface area contributed by atoms with Crippen LogP contribution in [-0.2, 0) is 6.42 Å². The fourth-order valence-electron chi connectivity index (χ4n) is 2.42. The highest BCUT2D eigenvalue weighted by atomic mass is 35.5. The highest BCUT2D eigenvalue weighted by Crippen LogP contribution is 2.34. The number of aromatic nitrogens is 1. The van der Waals surface area contributed by atoms with E-state index in [1.807, 2.05) is 6.07 Å². The Morgan fingerprint density at radius 3 is 3.06 bits per heavy atom. The van der Waals surface area contributed by atoms with Crippen molar-refractivity contribution < 1.29 is 0 Å². The summed E-state index contributed by atoms with van der Waals surface area (Å²) in [5, 5.41) is 4.21. The molecule has 2 aliphatic rings. The van der Waals surface area contributed by atoms with Crippen LogP contribution in [0, 0.1) is 0 Å². The van der Waals surface area contributed by atoms with Crippen LogP contribution in [0.25, 0.3) is 6.08 Å². The number of pyridine rings is 1. The van der Waals surface area contributed by atoms with Crippen LogP contribution in [0.2, 0.25) is 5.02 Å². The molecule has 0 aromatic carbocycles. The second-order valence-corrected chi connectivity index (χ2v) is 4.70. The molecule has 1 aromatic heterocycles. The van der Waals surface area contributed by atoms with Crippen LogP contribution >= 0.6 is 11.6 Å². The van der Waals surface area contributed by atoms with E-state index in [1.54, 1.807) is 6.20 Å². The Kier molecular flexibility index (Phi) is 2.34. The smallest absolute Gasteiger partial charge is 0.0534 e. The maximum atomic E-state index is 6.16. The van der Waals surface area contributed by atoms with Crippen molar-refractivity contribution in [2.24, 2.45) is 0 Å². The standard InChI is InChI=1S/C13H13ClN2/c1-8-10(2-4-15-8)9-6-11-12(14)3-5-16-13(11)7-9/h2-3,5-6,8,15H,4,7H2,1H3. The Morgan fingerprint density at radius 1 is 1.50 bits per heavy atom. The van der Waals surface area contributed by atoms with Gasteiger partial charge in [-0.15, -0.1) is 0 Å². The first-order chi connectivity index (χ1) is 7.75. The molecule has 3 heteroatoms. The monoisotopic (exact) mass is 232 g/mol. The number of halogens is 1. The molecule has 2 heterocycles. The molecule has 1 atom stereocenters. The van der Waals surface area contributed by atoms with E-state index < -0.39 is 0 Å². The minimum atomic E-state index is 0.444. The van der Waals surface area contributed by atoms with Gasteiger partial charge < -0.3 is 5.32 Å². The van der Waals surface area contributed by atoms with Crippen LogP contribution in [0.4, 0.5) is 0 Å². The molecule has 3 rings (SSSR count). The summed E-state index contributed by atoms with van der Waals surface area (Å²) in [6.45, 7) is 3.16. The van der Waals surface area contributed by atoms with Gasteiger partial charge in [0.15, 0.2) is 0 Å². The molecular formula is C13H13ClN2. The third kappa shape index (κ3) is 1.49. The molecule has 82 valence electrons. The molecule has 0 spiro atoms. The van der Waals surface area contributed by atoms with Crippen LogP contribution < -0.4 is 5.32 Å². The summed E-state index contributed by atoms with van der Waals surface area (Å²) in [5.41, 5.74) is 4.95. The third-order valence-corrected chi connectivity index (χ3v) is 3.61. The van der Waals surface area contributed by atoms with E-state index in [1.165, 1.54) is 11.1 Å². The van der Waals surface area contributed by atoms with E-state index in [0.717, 1.165) is 29.2 Å². The maximum Gasteiger partial charge on any atom is 0.0534 e. The van der Waals surface area contributed by atoms with Gasteiger partial charge in [0.1, 0.15) is 0 Å². The summed E-state index contributed by atoms with van der Waals surface area (Å²) in [6, 6.07) is 2.30. The first-order valence-corrected chi connectivity index (χ1v) is 5.91. The predicted molar refractivity (Wildman–Crippen MR) is 66.5 cm³/mol. The largest absolute Gasteiger partial charge is 0.307 e. The van der Waals surface area contributed by atoms with E-state index in [0.29, 0.717) is 6.04 Å². The molecule has 0 fully saturated rings. The van der Waals surface area contributed by atoms with Gasteiger partial charge >= 0.3 is 0 Å². The molecule has 16 heavy (non-hydrogen) atoms. The summed E-state index contributed by atoms with van der Waals surface area (Å²) >= 11 is 6.16. The minimum Gasteiger partial charge on any atom is -0.307 e. The average Bonchev–Trinajstić information content (AvgIpc) is 2.84. The van der Waals surface area contributed by atoms with Crippen molar-refractivity contribution in [2.75, 3.05) is 6.54 Å². The first kappa shape index (κ1) is 10.1. The van der Waals surface area contributed by atoms with Gasteiger partial charge in [0, 0.05) is 30.8 Å². The van der Waals surface area contributed by atoms with Gasteiger partial charge in [0.05, 0.1) is 10.7 Å². The molecule has 1 unspecified atom stereocenters. The Morgan fingerprint density at radius 2 is 2.38 bits per heavy atom. The van der Waals surface area contributed by atoms with Gasteiger partial charge in [-0.25, -0.2) is 0 Å². The van der Waals surface area contributed by atoms with Crippen molar-refractivity contribution in [3.63, 3.8) is 0 Å². The summed E-state index contributed by atoms with van der Waals surface area (Å²) < 4.78 is 0. The van der Waals surface area contributed by atoms with Crippen molar-refractivity contribution >= 4 is 17.7 Å². The summed E-state index contributed by atoms with van der Waals surface area (Å²) in [6.07, 6.45) is 7.13. The maximum absolute atomic E-state index is 6.16. The normalized spacial score (nSPS) is 23.0. The van der Waals surface area contributed by atoms with E-state index in [2.05, 4.69) is 29.4 Å². The Balaban J connectivity index is 1.99. The summed E-state index contributed by atoms with van der Waals surface area (Å²) in [7, 11) is 0. The number of nitrogens with zero attached hydrogens (tertiary/aromatic N) is 1. The number of hydrogen-bond donors (Lipinski definition) is 1. The van der Waals surface area contributed by atoms with Crippen LogP contribution in [0.1, 0.15) is 18.2 Å². The summed E-state index contributed by atoms with van der Waals surface area (Å²) in [4.78, 5) is 4.38. The lowest BCUT2D eigenvalue weighted by Gasteiger charge is -2.10. The zero-order valence-electron chi connectivity index (χ0n) is 9.13. The highest BCUT2D eigenvalue weighted by molar-refractivity contribution is 6.32. The average molecular weight is 233 g/mol. The van der Waals surface area contributed by atoms with Crippen molar-refractivity contribution in [1.29, 1.82) is 0 Å².